The molecule has 8 nitrogen and oxygen atoms in total. The number of ether oxygens (including phenoxy) is 1. The molecule has 0 aliphatic carbocycles. The number of benzene rings is 2. The van der Waals surface area contributed by atoms with Gasteiger partial charge in [-0.25, -0.2) is 0 Å². The first-order valence-corrected chi connectivity index (χ1v) is 10.0. The highest BCUT2D eigenvalue weighted by molar-refractivity contribution is 5.95. The fraction of sp³-hybridized carbons (Fsp3) is 0.261. The lowest BCUT2D eigenvalue weighted by Crippen LogP contribution is -2.42. The van der Waals surface area contributed by atoms with E-state index in [1.54, 1.807) is 25.3 Å². The van der Waals surface area contributed by atoms with Gasteiger partial charge in [0.05, 0.1) is 7.11 Å². The van der Waals surface area contributed by atoms with Gasteiger partial charge in [0.1, 0.15) is 17.4 Å². The molecule has 5 N–H and O–H groups in total. The largest absolute Gasteiger partial charge is 0.497 e. The number of amides is 1. The number of nitrogens with two attached hydrogens (primary N) is 1. The lowest BCUT2D eigenvalue weighted by atomic mass is 10.0. The van der Waals surface area contributed by atoms with E-state index in [0.717, 1.165) is 17.9 Å². The Kier molecular flexibility index (Phi) is 6.59. The van der Waals surface area contributed by atoms with Crippen molar-refractivity contribution in [1.82, 2.24) is 15.3 Å². The van der Waals surface area contributed by atoms with E-state index in [0.29, 0.717) is 22.9 Å². The van der Waals surface area contributed by atoms with Crippen LogP contribution in [0.5, 0.6) is 5.75 Å². The summed E-state index contributed by atoms with van der Waals surface area (Å²) in [7, 11) is 1.61. The normalized spacial score (nSPS) is 11.0. The maximum Gasteiger partial charge on any atom is 0.251 e. The molecule has 2 aromatic carbocycles. The van der Waals surface area contributed by atoms with E-state index in [1.165, 1.54) is 0 Å². The van der Waals surface area contributed by atoms with Crippen molar-refractivity contribution in [2.75, 3.05) is 23.5 Å². The maximum absolute atomic E-state index is 12.6. The van der Waals surface area contributed by atoms with Gasteiger partial charge in [-0.05, 0) is 50.6 Å². The van der Waals surface area contributed by atoms with Crippen LogP contribution in [0.25, 0.3) is 0 Å². The van der Waals surface area contributed by atoms with Crippen LogP contribution in [0.4, 0.5) is 29.0 Å². The van der Waals surface area contributed by atoms with Gasteiger partial charge in [0.2, 0.25) is 5.95 Å². The first-order valence-electron chi connectivity index (χ1n) is 10.0. The number of nitrogens with zero attached hydrogens (tertiary/aromatic N) is 2. The lowest BCUT2D eigenvalue weighted by Gasteiger charge is -2.24. The quantitative estimate of drug-likeness (QED) is 0.425. The standard InChI is InChI=1S/C23H28N6O2/c1-5-23(2,3)29-21(30)15-8-6-9-16(12-15)25-19-14-20(28-22(24)27-19)26-17-10-7-11-18(13-17)31-4/h6-14H,5H2,1-4H3,(H,29,30)(H4,24,25,26,27,28). The van der Waals surface area contributed by atoms with Crippen molar-refractivity contribution in [3.05, 3.63) is 60.2 Å². The molecule has 0 radical (unpaired) electrons. The van der Waals surface area contributed by atoms with E-state index in [4.69, 9.17) is 10.5 Å². The SMILES string of the molecule is CCC(C)(C)NC(=O)c1cccc(Nc2cc(Nc3cccc(OC)c3)nc(N)n2)c1. The number of hydrogen-bond donors (Lipinski definition) is 4. The summed E-state index contributed by atoms with van der Waals surface area (Å²) in [5.74, 6) is 1.75. The maximum atomic E-state index is 12.6. The van der Waals surface area contributed by atoms with Gasteiger partial charge in [0, 0.05) is 34.6 Å². The first kappa shape index (κ1) is 21.9. The van der Waals surface area contributed by atoms with E-state index >= 15 is 0 Å². The third-order valence-electron chi connectivity index (χ3n) is 4.82. The van der Waals surface area contributed by atoms with Crippen LogP contribution >= 0.6 is 0 Å². The zero-order valence-corrected chi connectivity index (χ0v) is 18.2. The van der Waals surface area contributed by atoms with E-state index in [1.807, 2.05) is 57.2 Å². The van der Waals surface area contributed by atoms with Gasteiger partial charge < -0.3 is 26.4 Å². The molecule has 0 atom stereocenters. The molecule has 0 saturated carbocycles. The van der Waals surface area contributed by atoms with E-state index in [9.17, 15) is 4.79 Å². The van der Waals surface area contributed by atoms with Crippen LogP contribution in [0.1, 0.15) is 37.6 Å². The molecule has 3 rings (SSSR count). The second kappa shape index (κ2) is 9.34. The third kappa shape index (κ3) is 6.08. The lowest BCUT2D eigenvalue weighted by molar-refractivity contribution is 0.0911. The van der Waals surface area contributed by atoms with Crippen molar-refractivity contribution in [2.45, 2.75) is 32.7 Å². The molecule has 1 heterocycles. The molecule has 0 aliphatic rings. The Morgan fingerprint density at radius 2 is 1.61 bits per heavy atom. The van der Waals surface area contributed by atoms with Gasteiger partial charge in [0.25, 0.3) is 5.91 Å². The number of methoxy groups -OCH3 is 1. The number of carbonyl (C=O) groups excluding carboxylic acids is 1. The van der Waals surface area contributed by atoms with Crippen LogP contribution in [-0.4, -0.2) is 28.5 Å². The highest BCUT2D eigenvalue weighted by atomic mass is 16.5. The number of aromatic nitrogens is 2. The summed E-state index contributed by atoms with van der Waals surface area (Å²) >= 11 is 0. The van der Waals surface area contributed by atoms with Crippen molar-refractivity contribution in [3.8, 4) is 5.75 Å². The van der Waals surface area contributed by atoms with Gasteiger partial charge in [-0.2, -0.15) is 9.97 Å². The molecular weight excluding hydrogens is 392 g/mol. The van der Waals surface area contributed by atoms with Crippen LogP contribution in [0.15, 0.2) is 54.6 Å². The predicted molar refractivity (Wildman–Crippen MR) is 124 cm³/mol. The second-order valence-corrected chi connectivity index (χ2v) is 7.75. The number of hydrogen-bond acceptors (Lipinski definition) is 7. The van der Waals surface area contributed by atoms with E-state index in [-0.39, 0.29) is 17.4 Å². The smallest absolute Gasteiger partial charge is 0.251 e. The molecule has 162 valence electrons. The highest BCUT2D eigenvalue weighted by Gasteiger charge is 2.19. The van der Waals surface area contributed by atoms with Crippen LogP contribution in [0, 0.1) is 0 Å². The van der Waals surface area contributed by atoms with Crippen LogP contribution in [0.3, 0.4) is 0 Å². The summed E-state index contributed by atoms with van der Waals surface area (Å²) < 4.78 is 5.24. The van der Waals surface area contributed by atoms with Crippen molar-refractivity contribution in [2.24, 2.45) is 0 Å². The molecular formula is C23H28N6O2. The van der Waals surface area contributed by atoms with Crippen LogP contribution in [-0.2, 0) is 0 Å². The number of carbonyl (C=O) groups is 1. The second-order valence-electron chi connectivity index (χ2n) is 7.75. The average Bonchev–Trinajstić information content (AvgIpc) is 2.73. The fourth-order valence-corrected chi connectivity index (χ4v) is 2.80. The molecule has 1 aromatic heterocycles. The minimum atomic E-state index is -0.275. The molecule has 0 spiro atoms. The summed E-state index contributed by atoms with van der Waals surface area (Å²) in [6, 6.07) is 16.4. The summed E-state index contributed by atoms with van der Waals surface area (Å²) in [5, 5.41) is 9.42. The Morgan fingerprint density at radius 1 is 1.00 bits per heavy atom. The van der Waals surface area contributed by atoms with Crippen LogP contribution < -0.4 is 26.4 Å². The molecule has 31 heavy (non-hydrogen) atoms. The van der Waals surface area contributed by atoms with E-state index in [2.05, 4.69) is 25.9 Å². The molecule has 0 saturated heterocycles. The highest BCUT2D eigenvalue weighted by Crippen LogP contribution is 2.24. The summed E-state index contributed by atoms with van der Waals surface area (Å²) in [4.78, 5) is 21.1. The topological polar surface area (TPSA) is 114 Å². The average molecular weight is 421 g/mol. The number of rotatable bonds is 8. The minimum Gasteiger partial charge on any atom is -0.497 e. The van der Waals surface area contributed by atoms with Crippen molar-refractivity contribution >= 4 is 34.9 Å². The third-order valence-corrected chi connectivity index (χ3v) is 4.82. The van der Waals surface area contributed by atoms with E-state index < -0.39 is 0 Å². The van der Waals surface area contributed by atoms with Crippen molar-refractivity contribution < 1.29 is 9.53 Å². The molecule has 0 fully saturated rings. The Balaban J connectivity index is 1.77. The molecule has 0 aliphatic heterocycles. The fourth-order valence-electron chi connectivity index (χ4n) is 2.80. The molecule has 0 unspecified atom stereocenters. The van der Waals surface area contributed by atoms with Gasteiger partial charge in [-0.1, -0.05) is 19.1 Å². The van der Waals surface area contributed by atoms with Crippen LogP contribution in [0.2, 0.25) is 0 Å². The predicted octanol–water partition coefficient (Wildman–Crippen LogP) is 4.47. The zero-order valence-electron chi connectivity index (χ0n) is 18.2. The van der Waals surface area contributed by atoms with Gasteiger partial charge in [-0.3, -0.25) is 4.79 Å². The summed E-state index contributed by atoms with van der Waals surface area (Å²) in [5.41, 5.74) is 7.70. The Bertz CT molecular complexity index is 1070. The number of nitrogen functional groups attached to an aromatic ring is 1. The Labute approximate surface area is 182 Å². The molecule has 3 aromatic rings. The number of nitrogens with one attached hydrogen (secondary N) is 3. The Hall–Kier alpha value is -3.81. The van der Waals surface area contributed by atoms with Crippen molar-refractivity contribution in [1.29, 1.82) is 0 Å². The van der Waals surface area contributed by atoms with Gasteiger partial charge >= 0.3 is 0 Å². The minimum absolute atomic E-state index is 0.119. The monoisotopic (exact) mass is 420 g/mol. The Morgan fingerprint density at radius 3 is 2.23 bits per heavy atom. The molecule has 0 bridgehead atoms. The summed E-state index contributed by atoms with van der Waals surface area (Å²) in [6.45, 7) is 6.02. The summed E-state index contributed by atoms with van der Waals surface area (Å²) in [6.07, 6.45) is 0.833. The zero-order chi connectivity index (χ0) is 22.4. The molecule has 1 amide bonds. The molecule has 8 heteroatoms. The van der Waals surface area contributed by atoms with Crippen molar-refractivity contribution in [3.63, 3.8) is 0 Å². The number of anilines is 5. The van der Waals surface area contributed by atoms with Gasteiger partial charge in [0.15, 0.2) is 0 Å². The first-order chi connectivity index (χ1) is 14.8. The van der Waals surface area contributed by atoms with Gasteiger partial charge in [-0.15, -0.1) is 0 Å².